The molecule has 3 fully saturated rings. The summed E-state index contributed by atoms with van der Waals surface area (Å²) < 4.78 is 5.34. The minimum atomic E-state index is -0.638. The summed E-state index contributed by atoms with van der Waals surface area (Å²) in [6.07, 6.45) is 4.12. The number of rotatable bonds is 5. The van der Waals surface area contributed by atoms with Crippen molar-refractivity contribution in [1.29, 1.82) is 0 Å². The third-order valence-corrected chi connectivity index (χ3v) is 5.11. The second-order valence-electron chi connectivity index (χ2n) is 6.72. The number of carboxylic acids is 1. The zero-order chi connectivity index (χ0) is 14.0. The maximum Gasteiger partial charge on any atom is 0.311 e. The Morgan fingerprint density at radius 2 is 1.70 bits per heavy atom. The first-order valence-corrected chi connectivity index (χ1v) is 7.94. The summed E-state index contributed by atoms with van der Waals surface area (Å²) in [5.41, 5.74) is -0.573. The van der Waals surface area contributed by atoms with Gasteiger partial charge in [-0.3, -0.25) is 9.69 Å². The summed E-state index contributed by atoms with van der Waals surface area (Å²) in [5, 5.41) is 9.61. The fourth-order valence-corrected chi connectivity index (χ4v) is 3.43. The van der Waals surface area contributed by atoms with Crippen LogP contribution in [0.4, 0.5) is 0 Å². The molecule has 0 unspecified atom stereocenters. The van der Waals surface area contributed by atoms with Gasteiger partial charge < -0.3 is 14.7 Å². The molecule has 5 nitrogen and oxygen atoms in total. The van der Waals surface area contributed by atoms with Crippen LogP contribution in [0.1, 0.15) is 25.7 Å². The highest BCUT2D eigenvalue weighted by atomic mass is 16.5. The molecular formula is C15H26N2O3. The number of carbonyl (C=O) groups is 1. The fourth-order valence-electron chi connectivity index (χ4n) is 3.43. The highest BCUT2D eigenvalue weighted by Crippen LogP contribution is 2.33. The predicted molar refractivity (Wildman–Crippen MR) is 75.7 cm³/mol. The van der Waals surface area contributed by atoms with Gasteiger partial charge in [0.15, 0.2) is 0 Å². The molecule has 0 bridgehead atoms. The Balaban J connectivity index is 1.50. The molecule has 20 heavy (non-hydrogen) atoms. The number of nitrogens with zero attached hydrogens (tertiary/aromatic N) is 2. The largest absolute Gasteiger partial charge is 0.481 e. The molecule has 0 radical (unpaired) electrons. The van der Waals surface area contributed by atoms with Crippen molar-refractivity contribution in [2.24, 2.45) is 11.3 Å². The highest BCUT2D eigenvalue weighted by Gasteiger charge is 2.42. The predicted octanol–water partition coefficient (Wildman–Crippen LogP) is 0.895. The van der Waals surface area contributed by atoms with Crippen LogP contribution in [0.3, 0.4) is 0 Å². The zero-order valence-corrected chi connectivity index (χ0v) is 12.2. The van der Waals surface area contributed by atoms with Crippen molar-refractivity contribution in [2.75, 3.05) is 52.5 Å². The van der Waals surface area contributed by atoms with Crippen LogP contribution in [0.15, 0.2) is 0 Å². The Morgan fingerprint density at radius 3 is 2.25 bits per heavy atom. The molecule has 3 aliphatic rings. The van der Waals surface area contributed by atoms with Crippen molar-refractivity contribution in [1.82, 2.24) is 9.80 Å². The van der Waals surface area contributed by atoms with Crippen LogP contribution in [0.2, 0.25) is 0 Å². The molecule has 1 aliphatic carbocycles. The standard InChI is InChI=1S/C15H26N2O3/c18-14(19)15(3-9-20-10-4-15)12-17-7-5-16(6-8-17)11-13-1-2-13/h13H,1-12H2,(H,18,19). The Hall–Kier alpha value is -0.650. The van der Waals surface area contributed by atoms with E-state index in [2.05, 4.69) is 9.80 Å². The van der Waals surface area contributed by atoms with Gasteiger partial charge in [-0.05, 0) is 31.6 Å². The molecule has 0 amide bonds. The Morgan fingerprint density at radius 1 is 1.10 bits per heavy atom. The Labute approximate surface area is 120 Å². The average molecular weight is 282 g/mol. The second kappa shape index (κ2) is 6.00. The fraction of sp³-hybridized carbons (Fsp3) is 0.933. The third kappa shape index (κ3) is 3.32. The lowest BCUT2D eigenvalue weighted by molar-refractivity contribution is -0.157. The van der Waals surface area contributed by atoms with Crippen molar-refractivity contribution in [3.8, 4) is 0 Å². The number of hydrogen-bond donors (Lipinski definition) is 1. The maximum atomic E-state index is 11.7. The molecular weight excluding hydrogens is 256 g/mol. The number of piperazine rings is 1. The van der Waals surface area contributed by atoms with Crippen LogP contribution in [-0.2, 0) is 9.53 Å². The van der Waals surface area contributed by atoms with Crippen molar-refractivity contribution < 1.29 is 14.6 Å². The quantitative estimate of drug-likeness (QED) is 0.812. The summed E-state index contributed by atoms with van der Waals surface area (Å²) in [4.78, 5) is 16.6. The monoisotopic (exact) mass is 282 g/mol. The van der Waals surface area contributed by atoms with E-state index in [0.29, 0.717) is 32.6 Å². The van der Waals surface area contributed by atoms with Gasteiger partial charge in [-0.2, -0.15) is 0 Å². The molecule has 2 saturated heterocycles. The van der Waals surface area contributed by atoms with E-state index in [4.69, 9.17) is 4.74 Å². The molecule has 0 aromatic rings. The Kier molecular flexibility index (Phi) is 4.29. The van der Waals surface area contributed by atoms with E-state index in [0.717, 1.165) is 32.1 Å². The van der Waals surface area contributed by atoms with E-state index in [1.807, 2.05) is 0 Å². The van der Waals surface area contributed by atoms with Gasteiger partial charge in [0.25, 0.3) is 0 Å². The lowest BCUT2D eigenvalue weighted by Crippen LogP contribution is -2.53. The normalized spacial score (nSPS) is 28.4. The van der Waals surface area contributed by atoms with E-state index < -0.39 is 11.4 Å². The second-order valence-corrected chi connectivity index (χ2v) is 6.72. The average Bonchev–Trinajstić information content (AvgIpc) is 3.26. The molecule has 0 atom stereocenters. The highest BCUT2D eigenvalue weighted by molar-refractivity contribution is 5.75. The molecule has 0 aromatic heterocycles. The third-order valence-electron chi connectivity index (χ3n) is 5.11. The topological polar surface area (TPSA) is 53.0 Å². The van der Waals surface area contributed by atoms with E-state index in [1.54, 1.807) is 0 Å². The zero-order valence-electron chi connectivity index (χ0n) is 12.2. The van der Waals surface area contributed by atoms with E-state index in [9.17, 15) is 9.90 Å². The molecule has 2 heterocycles. The summed E-state index contributed by atoms with van der Waals surface area (Å²) in [6, 6.07) is 0. The molecule has 1 saturated carbocycles. The molecule has 114 valence electrons. The number of aliphatic carboxylic acids is 1. The van der Waals surface area contributed by atoms with Gasteiger partial charge in [0, 0.05) is 52.5 Å². The first kappa shape index (κ1) is 14.3. The molecule has 0 spiro atoms. The lowest BCUT2D eigenvalue weighted by atomic mass is 9.79. The molecule has 5 heteroatoms. The van der Waals surface area contributed by atoms with Crippen LogP contribution in [0.5, 0.6) is 0 Å². The van der Waals surface area contributed by atoms with Gasteiger partial charge in [0.05, 0.1) is 5.41 Å². The van der Waals surface area contributed by atoms with Gasteiger partial charge in [0.2, 0.25) is 0 Å². The van der Waals surface area contributed by atoms with Gasteiger partial charge in [-0.25, -0.2) is 0 Å². The van der Waals surface area contributed by atoms with Crippen LogP contribution in [0.25, 0.3) is 0 Å². The minimum absolute atomic E-state index is 0.573. The van der Waals surface area contributed by atoms with Gasteiger partial charge in [-0.1, -0.05) is 0 Å². The van der Waals surface area contributed by atoms with Crippen molar-refractivity contribution in [3.05, 3.63) is 0 Å². The summed E-state index contributed by atoms with van der Waals surface area (Å²) in [5.74, 6) is 0.309. The van der Waals surface area contributed by atoms with Gasteiger partial charge in [-0.15, -0.1) is 0 Å². The summed E-state index contributed by atoms with van der Waals surface area (Å²) in [6.45, 7) is 7.37. The van der Waals surface area contributed by atoms with E-state index >= 15 is 0 Å². The van der Waals surface area contributed by atoms with Crippen molar-refractivity contribution in [3.63, 3.8) is 0 Å². The number of carboxylic acid groups (broad SMARTS) is 1. The molecule has 1 N–H and O–H groups in total. The van der Waals surface area contributed by atoms with E-state index in [1.165, 1.54) is 19.4 Å². The summed E-state index contributed by atoms with van der Waals surface area (Å²) in [7, 11) is 0. The first-order chi connectivity index (χ1) is 9.68. The van der Waals surface area contributed by atoms with Crippen LogP contribution in [-0.4, -0.2) is 73.4 Å². The lowest BCUT2D eigenvalue weighted by Gasteiger charge is -2.41. The van der Waals surface area contributed by atoms with Crippen LogP contribution >= 0.6 is 0 Å². The maximum absolute atomic E-state index is 11.7. The van der Waals surface area contributed by atoms with E-state index in [-0.39, 0.29) is 0 Å². The molecule has 3 rings (SSSR count). The molecule has 0 aromatic carbocycles. The smallest absolute Gasteiger partial charge is 0.311 e. The summed E-state index contributed by atoms with van der Waals surface area (Å²) >= 11 is 0. The van der Waals surface area contributed by atoms with Gasteiger partial charge in [0.1, 0.15) is 0 Å². The number of ether oxygens (including phenoxy) is 1. The van der Waals surface area contributed by atoms with Crippen molar-refractivity contribution >= 4 is 5.97 Å². The minimum Gasteiger partial charge on any atom is -0.481 e. The number of hydrogen-bond acceptors (Lipinski definition) is 4. The molecule has 2 aliphatic heterocycles. The van der Waals surface area contributed by atoms with Gasteiger partial charge >= 0.3 is 5.97 Å². The van der Waals surface area contributed by atoms with Crippen molar-refractivity contribution in [2.45, 2.75) is 25.7 Å². The SMILES string of the molecule is O=C(O)C1(CN2CCN(CC3CC3)CC2)CCOCC1. The first-order valence-electron chi connectivity index (χ1n) is 7.94. The Bertz CT molecular complexity index is 343. The van der Waals surface area contributed by atoms with Crippen LogP contribution in [0, 0.1) is 11.3 Å². The van der Waals surface area contributed by atoms with Crippen LogP contribution < -0.4 is 0 Å².